The van der Waals surface area contributed by atoms with Crippen LogP contribution in [-0.4, -0.2) is 9.13 Å². The molecule has 0 aliphatic carbocycles. The lowest BCUT2D eigenvalue weighted by Gasteiger charge is -2.19. The van der Waals surface area contributed by atoms with E-state index in [0.29, 0.717) is 6.54 Å². The Morgan fingerprint density at radius 2 is 1.94 bits per heavy atom. The van der Waals surface area contributed by atoms with Crippen molar-refractivity contribution in [3.05, 3.63) is 34.4 Å². The Hall–Kier alpha value is -1.51. The predicted molar refractivity (Wildman–Crippen MR) is 71.6 cm³/mol. The summed E-state index contributed by atoms with van der Waals surface area (Å²) < 4.78 is 3.87. The highest BCUT2D eigenvalue weighted by Crippen LogP contribution is 2.26. The smallest absolute Gasteiger partial charge is 0.259 e. The van der Waals surface area contributed by atoms with Crippen LogP contribution in [0.4, 0.5) is 0 Å². The number of pyridine rings is 1. The predicted octanol–water partition coefficient (Wildman–Crippen LogP) is 2.66. The van der Waals surface area contributed by atoms with Crippen LogP contribution in [0.5, 0.6) is 0 Å². The zero-order valence-electron chi connectivity index (χ0n) is 11.2. The number of fused-ring (bicyclic) bond motifs is 1. The third-order valence-electron chi connectivity index (χ3n) is 3.29. The molecule has 0 amide bonds. The fraction of sp³-hybridized carbons (Fsp3) is 0.500. The molecule has 0 unspecified atom stereocenters. The van der Waals surface area contributed by atoms with Crippen LogP contribution in [0.2, 0.25) is 0 Å². The van der Waals surface area contributed by atoms with E-state index in [1.165, 1.54) is 5.69 Å². The molecule has 3 nitrogen and oxygen atoms in total. The first kappa shape index (κ1) is 12.0. The topological polar surface area (TPSA) is 26.9 Å². The second-order valence-electron chi connectivity index (χ2n) is 5.54. The normalized spacial score (nSPS) is 12.3. The van der Waals surface area contributed by atoms with Crippen molar-refractivity contribution in [1.29, 1.82) is 0 Å². The van der Waals surface area contributed by atoms with Crippen LogP contribution in [0, 0.1) is 0 Å². The first-order valence-corrected chi connectivity index (χ1v) is 6.05. The van der Waals surface area contributed by atoms with Gasteiger partial charge in [0.1, 0.15) is 0 Å². The molecular formula is C14H20N2O. The van der Waals surface area contributed by atoms with Gasteiger partial charge >= 0.3 is 0 Å². The number of aromatic nitrogens is 2. The number of hydrogen-bond acceptors (Lipinski definition) is 1. The number of nitrogens with zero attached hydrogens (tertiary/aromatic N) is 2. The molecule has 2 aromatic rings. The van der Waals surface area contributed by atoms with Gasteiger partial charge in [0.25, 0.3) is 5.56 Å². The highest BCUT2D eigenvalue weighted by Gasteiger charge is 2.20. The van der Waals surface area contributed by atoms with Crippen molar-refractivity contribution >= 4 is 10.9 Å². The first-order chi connectivity index (χ1) is 7.86. The molecule has 2 rings (SSSR count). The average Bonchev–Trinajstić information content (AvgIpc) is 2.57. The molecule has 0 saturated carbocycles. The molecule has 0 spiro atoms. The molecule has 0 N–H and O–H groups in total. The second kappa shape index (κ2) is 3.76. The van der Waals surface area contributed by atoms with Crippen LogP contribution in [0.15, 0.2) is 23.1 Å². The second-order valence-corrected chi connectivity index (χ2v) is 5.54. The van der Waals surface area contributed by atoms with E-state index in [9.17, 15) is 4.79 Å². The number of hydrogen-bond donors (Lipinski definition) is 0. The Morgan fingerprint density at radius 3 is 2.47 bits per heavy atom. The minimum Gasteiger partial charge on any atom is -0.347 e. The molecular weight excluding hydrogens is 212 g/mol. The van der Waals surface area contributed by atoms with Gasteiger partial charge < -0.3 is 9.13 Å². The third kappa shape index (κ3) is 1.79. The Kier molecular flexibility index (Phi) is 2.64. The summed E-state index contributed by atoms with van der Waals surface area (Å²) in [5, 5.41) is 0.821. The fourth-order valence-corrected chi connectivity index (χ4v) is 2.34. The lowest BCUT2D eigenvalue weighted by atomic mass is 9.92. The van der Waals surface area contributed by atoms with Crippen molar-refractivity contribution in [2.45, 2.75) is 39.7 Å². The summed E-state index contributed by atoms with van der Waals surface area (Å²) in [5.74, 6) is 0. The van der Waals surface area contributed by atoms with E-state index in [1.54, 1.807) is 4.57 Å². The number of aryl methyl sites for hydroxylation is 2. The molecule has 0 atom stereocenters. The van der Waals surface area contributed by atoms with Crippen molar-refractivity contribution in [1.82, 2.24) is 9.13 Å². The van der Waals surface area contributed by atoms with Gasteiger partial charge in [0.2, 0.25) is 0 Å². The van der Waals surface area contributed by atoms with Crippen LogP contribution in [-0.2, 0) is 19.0 Å². The Morgan fingerprint density at radius 1 is 1.29 bits per heavy atom. The average molecular weight is 232 g/mol. The summed E-state index contributed by atoms with van der Waals surface area (Å²) in [4.78, 5) is 12.2. The molecule has 17 heavy (non-hydrogen) atoms. The minimum absolute atomic E-state index is 0.0528. The van der Waals surface area contributed by atoms with Gasteiger partial charge in [-0.2, -0.15) is 0 Å². The quantitative estimate of drug-likeness (QED) is 0.742. The zero-order valence-corrected chi connectivity index (χ0v) is 11.2. The van der Waals surface area contributed by atoms with E-state index >= 15 is 0 Å². The maximum Gasteiger partial charge on any atom is 0.259 e. The van der Waals surface area contributed by atoms with Crippen molar-refractivity contribution in [2.75, 3.05) is 0 Å². The van der Waals surface area contributed by atoms with Gasteiger partial charge in [-0.1, -0.05) is 20.8 Å². The summed E-state index contributed by atoms with van der Waals surface area (Å²) in [6.45, 7) is 9.20. The molecule has 0 saturated heterocycles. The highest BCUT2D eigenvalue weighted by molar-refractivity contribution is 5.80. The Labute approximate surface area is 102 Å². The van der Waals surface area contributed by atoms with Crippen molar-refractivity contribution in [2.24, 2.45) is 7.05 Å². The lowest BCUT2D eigenvalue weighted by molar-refractivity contribution is 0.547. The number of rotatable bonds is 1. The van der Waals surface area contributed by atoms with Crippen LogP contribution in [0.3, 0.4) is 0 Å². The van der Waals surface area contributed by atoms with Crippen molar-refractivity contribution in [3.8, 4) is 0 Å². The van der Waals surface area contributed by atoms with Gasteiger partial charge in [0, 0.05) is 30.9 Å². The van der Waals surface area contributed by atoms with E-state index in [0.717, 1.165) is 10.9 Å². The molecule has 0 fully saturated rings. The Bertz CT molecular complexity index is 611. The molecule has 0 aliphatic rings. The molecule has 2 aromatic heterocycles. The molecule has 3 heteroatoms. The van der Waals surface area contributed by atoms with E-state index in [-0.39, 0.29) is 11.0 Å². The van der Waals surface area contributed by atoms with Crippen molar-refractivity contribution < 1.29 is 0 Å². The van der Waals surface area contributed by atoms with E-state index in [1.807, 2.05) is 32.3 Å². The maximum atomic E-state index is 12.2. The minimum atomic E-state index is 0.0528. The summed E-state index contributed by atoms with van der Waals surface area (Å²) in [5.41, 5.74) is 2.37. The van der Waals surface area contributed by atoms with Gasteiger partial charge in [-0.3, -0.25) is 4.79 Å². The Balaban J connectivity index is 2.83. The molecule has 2 heterocycles. The fourth-order valence-electron chi connectivity index (χ4n) is 2.34. The summed E-state index contributed by atoms with van der Waals surface area (Å²) in [6, 6.07) is 4.05. The monoisotopic (exact) mass is 232 g/mol. The van der Waals surface area contributed by atoms with E-state index < -0.39 is 0 Å². The summed E-state index contributed by atoms with van der Waals surface area (Å²) in [6.07, 6.45) is 1.87. The van der Waals surface area contributed by atoms with Gasteiger partial charge in [-0.05, 0) is 19.1 Å². The lowest BCUT2D eigenvalue weighted by Crippen LogP contribution is -2.17. The molecule has 0 aliphatic heterocycles. The highest BCUT2D eigenvalue weighted by atomic mass is 16.1. The van der Waals surface area contributed by atoms with Crippen molar-refractivity contribution in [3.63, 3.8) is 0 Å². The molecule has 0 aromatic carbocycles. The van der Waals surface area contributed by atoms with Gasteiger partial charge in [-0.25, -0.2) is 0 Å². The van der Waals surface area contributed by atoms with Crippen LogP contribution in [0.1, 0.15) is 33.4 Å². The first-order valence-electron chi connectivity index (χ1n) is 6.05. The SMILES string of the molecule is CCn1ccc2c(cc(C(C)(C)C)n2C)c1=O. The van der Waals surface area contributed by atoms with Gasteiger partial charge in [-0.15, -0.1) is 0 Å². The van der Waals surface area contributed by atoms with Crippen LogP contribution >= 0.6 is 0 Å². The standard InChI is InChI=1S/C14H20N2O/c1-6-16-8-7-11-10(13(16)17)9-12(15(11)5)14(2,3)4/h7-9H,6H2,1-5H3. The van der Waals surface area contributed by atoms with Crippen LogP contribution < -0.4 is 5.56 Å². The summed E-state index contributed by atoms with van der Waals surface area (Å²) in [7, 11) is 2.03. The molecule has 0 bridgehead atoms. The van der Waals surface area contributed by atoms with Crippen LogP contribution in [0.25, 0.3) is 10.9 Å². The summed E-state index contributed by atoms with van der Waals surface area (Å²) >= 11 is 0. The van der Waals surface area contributed by atoms with E-state index in [2.05, 4.69) is 25.3 Å². The zero-order chi connectivity index (χ0) is 12.8. The molecule has 92 valence electrons. The maximum absolute atomic E-state index is 12.2. The van der Waals surface area contributed by atoms with E-state index in [4.69, 9.17) is 0 Å². The largest absolute Gasteiger partial charge is 0.347 e. The van der Waals surface area contributed by atoms with Gasteiger partial charge in [0.05, 0.1) is 10.9 Å². The molecule has 0 radical (unpaired) electrons. The third-order valence-corrected chi connectivity index (χ3v) is 3.29. The van der Waals surface area contributed by atoms with Gasteiger partial charge in [0.15, 0.2) is 0 Å².